The van der Waals surface area contributed by atoms with Gasteiger partial charge in [-0.15, -0.1) is 0 Å². The van der Waals surface area contributed by atoms with E-state index in [9.17, 15) is 4.79 Å². The molecule has 1 aromatic heterocycles. The van der Waals surface area contributed by atoms with Crippen LogP contribution in [0.5, 0.6) is 5.75 Å². The summed E-state index contributed by atoms with van der Waals surface area (Å²) in [5.41, 5.74) is 3.14. The van der Waals surface area contributed by atoms with Crippen LogP contribution >= 0.6 is 23.1 Å². The molecule has 2 heterocycles. The Bertz CT molecular complexity index is 1210. The van der Waals surface area contributed by atoms with Gasteiger partial charge < -0.3 is 15.0 Å². The minimum Gasteiger partial charge on any atom is -0.494 e. The van der Waals surface area contributed by atoms with Crippen molar-refractivity contribution in [3.63, 3.8) is 0 Å². The lowest BCUT2D eigenvalue weighted by molar-refractivity contribution is -0.116. The van der Waals surface area contributed by atoms with Gasteiger partial charge in [0.05, 0.1) is 28.2 Å². The topological polar surface area (TPSA) is 54.5 Å². The van der Waals surface area contributed by atoms with Crippen LogP contribution < -0.4 is 15.0 Å². The molecule has 0 saturated heterocycles. The smallest absolute Gasteiger partial charge is 0.227 e. The molecule has 5 rings (SSSR count). The van der Waals surface area contributed by atoms with Crippen molar-refractivity contribution < 1.29 is 9.53 Å². The maximum Gasteiger partial charge on any atom is 0.227 e. The number of thiazole rings is 1. The maximum atomic E-state index is 12.7. The predicted octanol–water partition coefficient (Wildman–Crippen LogP) is 6.33. The number of carbonyl (C=O) groups excluding carboxylic acids is 1. The van der Waals surface area contributed by atoms with Gasteiger partial charge in [0, 0.05) is 22.8 Å². The van der Waals surface area contributed by atoms with Crippen LogP contribution in [0.1, 0.15) is 13.3 Å². The first-order valence-corrected chi connectivity index (χ1v) is 11.8. The zero-order valence-corrected chi connectivity index (χ0v) is 18.6. The Kier molecular flexibility index (Phi) is 5.53. The number of anilines is 3. The quantitative estimate of drug-likeness (QED) is 0.374. The highest BCUT2D eigenvalue weighted by atomic mass is 32.2. The highest BCUT2D eigenvalue weighted by molar-refractivity contribution is 7.99. The average molecular weight is 448 g/mol. The summed E-state index contributed by atoms with van der Waals surface area (Å²) in [6.45, 7) is 3.18. The van der Waals surface area contributed by atoms with Crippen LogP contribution in [-0.2, 0) is 4.79 Å². The number of carbonyl (C=O) groups is 1. The predicted molar refractivity (Wildman–Crippen MR) is 128 cm³/mol. The number of hydrogen-bond donors (Lipinski definition) is 1. The molecule has 0 spiro atoms. The Labute approximate surface area is 189 Å². The van der Waals surface area contributed by atoms with E-state index in [1.807, 2.05) is 37.3 Å². The molecule has 1 amide bonds. The van der Waals surface area contributed by atoms with E-state index >= 15 is 0 Å². The van der Waals surface area contributed by atoms with Crippen LogP contribution in [0.2, 0.25) is 0 Å². The van der Waals surface area contributed by atoms with Crippen LogP contribution in [0.3, 0.4) is 0 Å². The number of rotatable bonds is 6. The molecule has 0 unspecified atom stereocenters. The van der Waals surface area contributed by atoms with Crippen molar-refractivity contribution in [2.75, 3.05) is 23.4 Å². The van der Waals surface area contributed by atoms with Crippen molar-refractivity contribution in [2.24, 2.45) is 0 Å². The molecular formula is C24H21N3O2S2. The molecule has 0 bridgehead atoms. The molecule has 31 heavy (non-hydrogen) atoms. The van der Waals surface area contributed by atoms with Gasteiger partial charge in [-0.05, 0) is 49.4 Å². The second-order valence-corrected chi connectivity index (χ2v) is 9.18. The van der Waals surface area contributed by atoms with E-state index in [0.29, 0.717) is 24.7 Å². The van der Waals surface area contributed by atoms with Crippen molar-refractivity contribution in [3.05, 3.63) is 66.7 Å². The van der Waals surface area contributed by atoms with Gasteiger partial charge in [-0.25, -0.2) is 4.98 Å². The third-order valence-corrected chi connectivity index (χ3v) is 7.08. The fourth-order valence-electron chi connectivity index (χ4n) is 3.63. The fourth-order valence-corrected chi connectivity index (χ4v) is 5.64. The van der Waals surface area contributed by atoms with Crippen molar-refractivity contribution >= 4 is 55.7 Å². The molecule has 4 aromatic rings. The molecule has 156 valence electrons. The largest absolute Gasteiger partial charge is 0.494 e. The molecule has 0 radical (unpaired) electrons. The molecule has 0 saturated carbocycles. The summed E-state index contributed by atoms with van der Waals surface area (Å²) in [6.07, 6.45) is 0.369. The molecule has 1 aliphatic heterocycles. The number of amides is 1. The highest BCUT2D eigenvalue weighted by Crippen LogP contribution is 2.47. The van der Waals surface area contributed by atoms with Gasteiger partial charge in [-0.2, -0.15) is 0 Å². The number of hydrogen-bond acceptors (Lipinski definition) is 6. The monoisotopic (exact) mass is 447 g/mol. The summed E-state index contributed by atoms with van der Waals surface area (Å²) in [5.74, 6) is 0.772. The molecule has 0 aliphatic carbocycles. The third kappa shape index (κ3) is 4.11. The minimum absolute atomic E-state index is 0.0442. The molecule has 0 atom stereocenters. The second kappa shape index (κ2) is 8.61. The average Bonchev–Trinajstić information content (AvgIpc) is 3.18. The summed E-state index contributed by atoms with van der Waals surface area (Å²) < 4.78 is 6.55. The first-order chi connectivity index (χ1) is 15.2. The van der Waals surface area contributed by atoms with Crippen LogP contribution in [0.4, 0.5) is 16.5 Å². The van der Waals surface area contributed by atoms with Crippen LogP contribution in [0.25, 0.3) is 10.2 Å². The molecule has 5 nitrogen and oxygen atoms in total. The van der Waals surface area contributed by atoms with Crippen LogP contribution in [0.15, 0.2) is 76.5 Å². The van der Waals surface area contributed by atoms with E-state index in [0.717, 1.165) is 27.3 Å². The normalized spacial score (nSPS) is 12.4. The number of para-hydroxylation sites is 2. The van der Waals surface area contributed by atoms with Gasteiger partial charge in [-0.3, -0.25) is 4.79 Å². The van der Waals surface area contributed by atoms with Crippen LogP contribution in [-0.4, -0.2) is 24.0 Å². The Morgan fingerprint density at radius 1 is 1.03 bits per heavy atom. The molecule has 3 aromatic carbocycles. The molecule has 7 heteroatoms. The summed E-state index contributed by atoms with van der Waals surface area (Å²) in [4.78, 5) is 21.9. The van der Waals surface area contributed by atoms with E-state index in [1.54, 1.807) is 11.8 Å². The zero-order chi connectivity index (χ0) is 21.2. The SMILES string of the molecule is CCOc1ccc2nc(NC(=O)CCN3c4ccccc4Sc4ccccc43)sc2c1. The van der Waals surface area contributed by atoms with Crippen molar-refractivity contribution in [3.8, 4) is 5.75 Å². The Morgan fingerprint density at radius 3 is 2.45 bits per heavy atom. The molecule has 0 fully saturated rings. The number of aromatic nitrogens is 1. The number of nitrogens with one attached hydrogen (secondary N) is 1. The van der Waals surface area contributed by atoms with Gasteiger partial charge >= 0.3 is 0 Å². The second-order valence-electron chi connectivity index (χ2n) is 7.07. The van der Waals surface area contributed by atoms with E-state index < -0.39 is 0 Å². The highest BCUT2D eigenvalue weighted by Gasteiger charge is 2.23. The van der Waals surface area contributed by atoms with Gasteiger partial charge in [0.25, 0.3) is 0 Å². The van der Waals surface area contributed by atoms with Gasteiger partial charge in [-0.1, -0.05) is 47.4 Å². The van der Waals surface area contributed by atoms with Gasteiger partial charge in [0.1, 0.15) is 5.75 Å². The van der Waals surface area contributed by atoms with E-state index in [4.69, 9.17) is 4.74 Å². The molecule has 1 aliphatic rings. The number of benzene rings is 3. The first kappa shape index (κ1) is 19.9. The molecule has 1 N–H and O–H groups in total. The van der Waals surface area contributed by atoms with Crippen molar-refractivity contribution in [1.29, 1.82) is 0 Å². The summed E-state index contributed by atoms with van der Waals surface area (Å²) in [5, 5.41) is 3.58. The van der Waals surface area contributed by atoms with Crippen molar-refractivity contribution in [2.45, 2.75) is 23.1 Å². The Balaban J connectivity index is 1.30. The minimum atomic E-state index is -0.0442. The van der Waals surface area contributed by atoms with E-state index in [1.165, 1.54) is 21.1 Å². The van der Waals surface area contributed by atoms with Gasteiger partial charge in [0.2, 0.25) is 5.91 Å². The van der Waals surface area contributed by atoms with Crippen LogP contribution in [0, 0.1) is 0 Å². The Morgan fingerprint density at radius 2 is 1.74 bits per heavy atom. The zero-order valence-electron chi connectivity index (χ0n) is 17.0. The lowest BCUT2D eigenvalue weighted by atomic mass is 10.2. The number of ether oxygens (including phenoxy) is 1. The van der Waals surface area contributed by atoms with E-state index in [-0.39, 0.29) is 5.91 Å². The fraction of sp³-hybridized carbons (Fsp3) is 0.167. The Hall–Kier alpha value is -3.03. The third-order valence-electron chi connectivity index (χ3n) is 5.01. The van der Waals surface area contributed by atoms with E-state index in [2.05, 4.69) is 51.6 Å². The summed E-state index contributed by atoms with van der Waals surface area (Å²) >= 11 is 3.23. The lowest BCUT2D eigenvalue weighted by Gasteiger charge is -2.32. The lowest BCUT2D eigenvalue weighted by Crippen LogP contribution is -2.25. The molecular weight excluding hydrogens is 426 g/mol. The first-order valence-electron chi connectivity index (χ1n) is 10.2. The number of fused-ring (bicyclic) bond motifs is 3. The van der Waals surface area contributed by atoms with Gasteiger partial charge in [0.15, 0.2) is 5.13 Å². The van der Waals surface area contributed by atoms with Crippen molar-refractivity contribution in [1.82, 2.24) is 4.98 Å². The maximum absolute atomic E-state index is 12.7. The summed E-state index contributed by atoms with van der Waals surface area (Å²) in [6, 6.07) is 22.4. The number of nitrogens with zero attached hydrogens (tertiary/aromatic N) is 2. The standard InChI is InChI=1S/C24H21N3O2S2/c1-2-29-16-11-12-17-22(15-16)31-24(25-17)26-23(28)13-14-27-18-7-3-5-9-20(18)30-21-10-6-4-8-19(21)27/h3-12,15H,2,13-14H2,1H3,(H,25,26,28). The summed E-state index contributed by atoms with van der Waals surface area (Å²) in [7, 11) is 0.